The maximum absolute atomic E-state index is 10.5. The molecule has 0 aromatic heterocycles. The van der Waals surface area contributed by atoms with Crippen LogP contribution in [0.25, 0.3) is 0 Å². The van der Waals surface area contributed by atoms with Crippen LogP contribution < -0.4 is 5.32 Å². The van der Waals surface area contributed by atoms with Gasteiger partial charge in [-0.1, -0.05) is 0 Å². The van der Waals surface area contributed by atoms with E-state index in [1.807, 2.05) is 0 Å². The molecular weight excluding hydrogens is 174 g/mol. The summed E-state index contributed by atoms with van der Waals surface area (Å²) in [6.45, 7) is 3.34. The highest BCUT2D eigenvalue weighted by Gasteiger charge is 2.33. The SMILES string of the molecule is COC(C)C(C)(CC(=O)O)NC=O. The summed E-state index contributed by atoms with van der Waals surface area (Å²) in [5.74, 6) is -0.972. The third-order valence-corrected chi connectivity index (χ3v) is 2.16. The van der Waals surface area contributed by atoms with E-state index in [1.165, 1.54) is 7.11 Å². The first kappa shape index (κ1) is 11.9. The molecule has 0 aliphatic rings. The van der Waals surface area contributed by atoms with Crippen molar-refractivity contribution in [3.8, 4) is 0 Å². The van der Waals surface area contributed by atoms with Crippen molar-refractivity contribution in [2.24, 2.45) is 0 Å². The summed E-state index contributed by atoms with van der Waals surface area (Å²) in [6.07, 6.45) is -0.0343. The first-order chi connectivity index (χ1) is 5.96. The number of carboxylic acid groups (broad SMARTS) is 1. The topological polar surface area (TPSA) is 75.6 Å². The highest BCUT2D eigenvalue weighted by Crippen LogP contribution is 2.16. The number of nitrogens with one attached hydrogen (secondary N) is 1. The number of ether oxygens (including phenoxy) is 1. The number of rotatable bonds is 6. The molecule has 2 N–H and O–H groups in total. The molecule has 0 aromatic carbocycles. The lowest BCUT2D eigenvalue weighted by Crippen LogP contribution is -2.52. The molecule has 0 saturated heterocycles. The molecule has 76 valence electrons. The van der Waals surface area contributed by atoms with Gasteiger partial charge in [0.1, 0.15) is 0 Å². The van der Waals surface area contributed by atoms with Crippen LogP contribution in [0.2, 0.25) is 0 Å². The molecular formula is C8H15NO4. The average molecular weight is 189 g/mol. The fourth-order valence-electron chi connectivity index (χ4n) is 1.02. The van der Waals surface area contributed by atoms with E-state index in [0.717, 1.165) is 0 Å². The molecule has 5 heteroatoms. The van der Waals surface area contributed by atoms with Crippen LogP contribution in [0.4, 0.5) is 0 Å². The van der Waals surface area contributed by atoms with E-state index in [-0.39, 0.29) is 12.5 Å². The zero-order valence-electron chi connectivity index (χ0n) is 8.03. The molecule has 0 fully saturated rings. The molecule has 5 nitrogen and oxygen atoms in total. The van der Waals surface area contributed by atoms with E-state index in [1.54, 1.807) is 13.8 Å². The van der Waals surface area contributed by atoms with Crippen molar-refractivity contribution < 1.29 is 19.4 Å². The zero-order valence-corrected chi connectivity index (χ0v) is 8.03. The van der Waals surface area contributed by atoms with Crippen LogP contribution in [-0.4, -0.2) is 36.2 Å². The number of amides is 1. The predicted molar refractivity (Wildman–Crippen MR) is 46.3 cm³/mol. The van der Waals surface area contributed by atoms with Crippen LogP contribution in [-0.2, 0) is 14.3 Å². The van der Waals surface area contributed by atoms with Crippen molar-refractivity contribution in [2.45, 2.75) is 31.9 Å². The van der Waals surface area contributed by atoms with Crippen molar-refractivity contribution in [3.05, 3.63) is 0 Å². The monoisotopic (exact) mass is 189 g/mol. The van der Waals surface area contributed by atoms with Gasteiger partial charge in [-0.05, 0) is 13.8 Å². The van der Waals surface area contributed by atoms with Gasteiger partial charge in [-0.15, -0.1) is 0 Å². The van der Waals surface area contributed by atoms with Crippen molar-refractivity contribution in [2.75, 3.05) is 7.11 Å². The van der Waals surface area contributed by atoms with E-state index in [2.05, 4.69) is 5.32 Å². The van der Waals surface area contributed by atoms with Gasteiger partial charge in [0.15, 0.2) is 0 Å². The minimum atomic E-state index is -0.972. The lowest BCUT2D eigenvalue weighted by atomic mass is 9.92. The Morgan fingerprint density at radius 2 is 2.31 bits per heavy atom. The lowest BCUT2D eigenvalue weighted by Gasteiger charge is -2.32. The van der Waals surface area contributed by atoms with Gasteiger partial charge >= 0.3 is 5.97 Å². The smallest absolute Gasteiger partial charge is 0.305 e. The molecule has 0 saturated carbocycles. The summed E-state index contributed by atoms with van der Waals surface area (Å²) in [4.78, 5) is 20.8. The molecule has 2 unspecified atom stereocenters. The standard InChI is InChI=1S/C8H15NO4/c1-6(13-3)8(2,9-5-10)4-7(11)12/h5-6H,4H2,1-3H3,(H,9,10)(H,11,12). The normalized spacial score (nSPS) is 17.2. The second kappa shape index (κ2) is 4.81. The van der Waals surface area contributed by atoms with Crippen molar-refractivity contribution in [1.29, 1.82) is 0 Å². The van der Waals surface area contributed by atoms with E-state index in [9.17, 15) is 9.59 Å². The molecule has 0 aromatic rings. The summed E-state index contributed by atoms with van der Waals surface area (Å²) in [6, 6.07) is 0. The second-order valence-corrected chi connectivity index (χ2v) is 3.13. The van der Waals surface area contributed by atoms with Gasteiger partial charge in [-0.3, -0.25) is 9.59 Å². The van der Waals surface area contributed by atoms with Gasteiger partial charge in [0.2, 0.25) is 6.41 Å². The number of carboxylic acids is 1. The molecule has 0 heterocycles. The number of carbonyl (C=O) groups is 2. The fraction of sp³-hybridized carbons (Fsp3) is 0.750. The number of hydrogen-bond acceptors (Lipinski definition) is 3. The van der Waals surface area contributed by atoms with Gasteiger partial charge in [-0.2, -0.15) is 0 Å². The number of hydrogen-bond donors (Lipinski definition) is 2. The van der Waals surface area contributed by atoms with Gasteiger partial charge in [0, 0.05) is 7.11 Å². The molecule has 2 atom stereocenters. The number of methoxy groups -OCH3 is 1. The van der Waals surface area contributed by atoms with Crippen LogP contribution in [0.1, 0.15) is 20.3 Å². The summed E-state index contributed by atoms with van der Waals surface area (Å²) in [5.41, 5.74) is -0.859. The summed E-state index contributed by atoms with van der Waals surface area (Å²) >= 11 is 0. The van der Waals surface area contributed by atoms with Crippen molar-refractivity contribution >= 4 is 12.4 Å². The minimum Gasteiger partial charge on any atom is -0.481 e. The van der Waals surface area contributed by atoms with Gasteiger partial charge in [0.05, 0.1) is 18.1 Å². The zero-order chi connectivity index (χ0) is 10.5. The summed E-state index contributed by atoms with van der Waals surface area (Å²) in [5, 5.41) is 11.1. The Morgan fingerprint density at radius 3 is 2.62 bits per heavy atom. The predicted octanol–water partition coefficient (Wildman–Crippen LogP) is 0.000700. The van der Waals surface area contributed by atoms with E-state index in [4.69, 9.17) is 9.84 Å². The van der Waals surface area contributed by atoms with Crippen LogP contribution >= 0.6 is 0 Å². The maximum atomic E-state index is 10.5. The molecule has 0 radical (unpaired) electrons. The van der Waals surface area contributed by atoms with Crippen LogP contribution in [0.5, 0.6) is 0 Å². The van der Waals surface area contributed by atoms with Crippen molar-refractivity contribution in [1.82, 2.24) is 5.32 Å². The highest BCUT2D eigenvalue weighted by atomic mass is 16.5. The Hall–Kier alpha value is -1.10. The second-order valence-electron chi connectivity index (χ2n) is 3.13. The Balaban J connectivity index is 4.49. The van der Waals surface area contributed by atoms with Gasteiger partial charge in [0.25, 0.3) is 0 Å². The molecule has 0 aliphatic carbocycles. The Kier molecular flexibility index (Phi) is 4.40. The first-order valence-corrected chi connectivity index (χ1v) is 3.92. The number of aliphatic carboxylic acids is 1. The molecule has 1 amide bonds. The van der Waals surface area contributed by atoms with Crippen molar-refractivity contribution in [3.63, 3.8) is 0 Å². The summed E-state index contributed by atoms with van der Waals surface area (Å²) < 4.78 is 4.98. The van der Waals surface area contributed by atoms with E-state index in [0.29, 0.717) is 6.41 Å². The van der Waals surface area contributed by atoms with Gasteiger partial charge < -0.3 is 15.2 Å². The van der Waals surface area contributed by atoms with Crippen LogP contribution in [0.15, 0.2) is 0 Å². The molecule has 13 heavy (non-hydrogen) atoms. The molecule has 0 aliphatic heterocycles. The molecule has 0 spiro atoms. The van der Waals surface area contributed by atoms with E-state index < -0.39 is 11.5 Å². The molecule has 0 rings (SSSR count). The highest BCUT2D eigenvalue weighted by molar-refractivity contribution is 5.69. The Labute approximate surface area is 77.1 Å². The maximum Gasteiger partial charge on any atom is 0.305 e. The Morgan fingerprint density at radius 1 is 1.77 bits per heavy atom. The number of carbonyl (C=O) groups excluding carboxylic acids is 1. The van der Waals surface area contributed by atoms with E-state index >= 15 is 0 Å². The molecule has 0 bridgehead atoms. The first-order valence-electron chi connectivity index (χ1n) is 3.92. The minimum absolute atomic E-state index is 0.166. The Bertz CT molecular complexity index is 195. The quantitative estimate of drug-likeness (QED) is 0.577. The fourth-order valence-corrected chi connectivity index (χ4v) is 1.02. The van der Waals surface area contributed by atoms with Gasteiger partial charge in [-0.25, -0.2) is 0 Å². The van der Waals surface area contributed by atoms with Crippen LogP contribution in [0, 0.1) is 0 Å². The lowest BCUT2D eigenvalue weighted by molar-refractivity contribution is -0.140. The third kappa shape index (κ3) is 3.42. The average Bonchev–Trinajstić information content (AvgIpc) is 2.02. The third-order valence-electron chi connectivity index (χ3n) is 2.16. The van der Waals surface area contributed by atoms with Crippen LogP contribution in [0.3, 0.4) is 0 Å². The largest absolute Gasteiger partial charge is 0.481 e. The summed E-state index contributed by atoms with van der Waals surface area (Å²) in [7, 11) is 1.47.